The molecule has 1 heterocycles. The molecule has 1 aliphatic heterocycles. The summed E-state index contributed by atoms with van der Waals surface area (Å²) >= 11 is 12.7. The Bertz CT molecular complexity index is 1070. The van der Waals surface area contributed by atoms with Gasteiger partial charge in [-0.25, -0.2) is 0 Å². The molecule has 0 saturated carbocycles. The number of hydrogen-bond donors (Lipinski definition) is 1. The molecule has 10 heteroatoms. The first-order valence-electron chi connectivity index (χ1n) is 9.70. The molecule has 0 atom stereocenters. The van der Waals surface area contributed by atoms with Gasteiger partial charge < -0.3 is 14.2 Å². The maximum Gasteiger partial charge on any atom is 0.285 e. The van der Waals surface area contributed by atoms with Crippen LogP contribution in [0.25, 0.3) is 6.08 Å². The zero-order valence-corrected chi connectivity index (χ0v) is 20.0. The Kier molecular flexibility index (Phi) is 8.00. The third-order valence-corrected chi connectivity index (χ3v) is 5.86. The SMILES string of the molecule is CCOc1cc(/C=C2\SC(=S)N(NC(=O)c3ccc(OC)cc3)C2=O)cc(Cl)c1OCC. The van der Waals surface area contributed by atoms with E-state index in [1.54, 1.807) is 42.5 Å². The summed E-state index contributed by atoms with van der Waals surface area (Å²) in [5.41, 5.74) is 3.55. The lowest BCUT2D eigenvalue weighted by molar-refractivity contribution is -0.123. The molecule has 2 aromatic carbocycles. The van der Waals surface area contributed by atoms with Crippen molar-refractivity contribution >= 4 is 57.8 Å². The predicted octanol–water partition coefficient (Wildman–Crippen LogP) is 4.69. The van der Waals surface area contributed by atoms with Crippen molar-refractivity contribution < 1.29 is 23.8 Å². The highest BCUT2D eigenvalue weighted by atomic mass is 35.5. The normalized spacial score (nSPS) is 14.6. The van der Waals surface area contributed by atoms with E-state index in [9.17, 15) is 9.59 Å². The number of amides is 2. The van der Waals surface area contributed by atoms with Crippen LogP contribution < -0.4 is 19.6 Å². The summed E-state index contributed by atoms with van der Waals surface area (Å²) in [6, 6.07) is 9.92. The molecule has 2 aromatic rings. The summed E-state index contributed by atoms with van der Waals surface area (Å²) < 4.78 is 16.5. The van der Waals surface area contributed by atoms with Crippen LogP contribution in [0.3, 0.4) is 0 Å². The Morgan fingerprint density at radius 1 is 1.19 bits per heavy atom. The van der Waals surface area contributed by atoms with Crippen LogP contribution in [0.5, 0.6) is 17.2 Å². The first-order valence-corrected chi connectivity index (χ1v) is 11.3. The fourth-order valence-electron chi connectivity index (χ4n) is 2.84. The van der Waals surface area contributed by atoms with Gasteiger partial charge in [0.25, 0.3) is 11.8 Å². The van der Waals surface area contributed by atoms with Gasteiger partial charge in [0.05, 0.1) is 30.3 Å². The van der Waals surface area contributed by atoms with Crippen LogP contribution in [0.2, 0.25) is 5.02 Å². The summed E-state index contributed by atoms with van der Waals surface area (Å²) in [4.78, 5) is 25.8. The van der Waals surface area contributed by atoms with E-state index < -0.39 is 11.8 Å². The van der Waals surface area contributed by atoms with Crippen molar-refractivity contribution in [3.05, 3.63) is 57.5 Å². The molecule has 7 nitrogen and oxygen atoms in total. The summed E-state index contributed by atoms with van der Waals surface area (Å²) in [5, 5.41) is 1.42. The number of methoxy groups -OCH3 is 1. The third-order valence-electron chi connectivity index (χ3n) is 4.28. The molecule has 0 aromatic heterocycles. The van der Waals surface area contributed by atoms with E-state index in [2.05, 4.69) is 5.43 Å². The number of carbonyl (C=O) groups is 2. The molecule has 1 N–H and O–H groups in total. The molecule has 2 amide bonds. The van der Waals surface area contributed by atoms with Crippen LogP contribution in [0, 0.1) is 0 Å². The van der Waals surface area contributed by atoms with E-state index >= 15 is 0 Å². The Morgan fingerprint density at radius 3 is 2.50 bits per heavy atom. The number of thiocarbonyl (C=S) groups is 1. The Morgan fingerprint density at radius 2 is 1.88 bits per heavy atom. The van der Waals surface area contributed by atoms with Crippen LogP contribution in [0.15, 0.2) is 41.3 Å². The molecule has 168 valence electrons. The van der Waals surface area contributed by atoms with Gasteiger partial charge in [0.2, 0.25) is 0 Å². The van der Waals surface area contributed by atoms with Crippen molar-refractivity contribution in [1.29, 1.82) is 0 Å². The second-order valence-corrected chi connectivity index (χ2v) is 8.47. The number of nitrogens with one attached hydrogen (secondary N) is 1. The number of halogens is 1. The molecule has 1 saturated heterocycles. The lowest BCUT2D eigenvalue weighted by Crippen LogP contribution is -2.44. The number of hydrogen-bond acceptors (Lipinski definition) is 7. The van der Waals surface area contributed by atoms with Gasteiger partial charge in [-0.15, -0.1) is 0 Å². The van der Waals surface area contributed by atoms with Gasteiger partial charge in [-0.3, -0.25) is 15.0 Å². The number of carbonyl (C=O) groups excluding carboxylic acids is 2. The van der Waals surface area contributed by atoms with Crippen molar-refractivity contribution in [2.45, 2.75) is 13.8 Å². The van der Waals surface area contributed by atoms with E-state index in [1.165, 1.54) is 7.11 Å². The molecule has 0 spiro atoms. The fraction of sp³-hybridized carbons (Fsp3) is 0.227. The number of thioether (sulfide) groups is 1. The zero-order chi connectivity index (χ0) is 23.3. The molecular formula is C22H21ClN2O5S2. The van der Waals surface area contributed by atoms with Gasteiger partial charge in [0.1, 0.15) is 5.75 Å². The molecule has 1 fully saturated rings. The summed E-state index contributed by atoms with van der Waals surface area (Å²) in [6.07, 6.45) is 1.64. The Balaban J connectivity index is 1.81. The van der Waals surface area contributed by atoms with Crippen LogP contribution in [-0.2, 0) is 4.79 Å². The third kappa shape index (κ3) is 5.35. The van der Waals surface area contributed by atoms with Crippen molar-refractivity contribution in [2.24, 2.45) is 0 Å². The van der Waals surface area contributed by atoms with Gasteiger partial charge in [-0.1, -0.05) is 23.4 Å². The van der Waals surface area contributed by atoms with E-state index in [1.807, 2.05) is 13.8 Å². The maximum atomic E-state index is 12.9. The highest BCUT2D eigenvalue weighted by Crippen LogP contribution is 2.39. The fourth-order valence-corrected chi connectivity index (χ4v) is 4.30. The number of benzene rings is 2. The lowest BCUT2D eigenvalue weighted by atomic mass is 10.1. The van der Waals surface area contributed by atoms with E-state index in [0.29, 0.717) is 51.5 Å². The lowest BCUT2D eigenvalue weighted by Gasteiger charge is -2.15. The van der Waals surface area contributed by atoms with Gasteiger partial charge in [-0.2, -0.15) is 5.01 Å². The minimum absolute atomic E-state index is 0.213. The molecule has 0 unspecified atom stereocenters. The summed E-state index contributed by atoms with van der Waals surface area (Å²) in [7, 11) is 1.54. The number of nitrogens with zero attached hydrogens (tertiary/aromatic N) is 1. The highest BCUT2D eigenvalue weighted by molar-refractivity contribution is 8.26. The van der Waals surface area contributed by atoms with E-state index in [-0.39, 0.29) is 4.32 Å². The van der Waals surface area contributed by atoms with Crippen LogP contribution in [0.4, 0.5) is 0 Å². The van der Waals surface area contributed by atoms with Crippen molar-refractivity contribution in [1.82, 2.24) is 10.4 Å². The zero-order valence-electron chi connectivity index (χ0n) is 17.6. The predicted molar refractivity (Wildman–Crippen MR) is 129 cm³/mol. The standard InChI is InChI=1S/C22H21ClN2O5S2/c1-4-29-17-11-13(10-16(23)19(17)30-5-2)12-18-21(27)25(22(31)32-18)24-20(26)14-6-8-15(28-3)9-7-14/h6-12H,4-5H2,1-3H3,(H,24,26)/b18-12-. The van der Waals surface area contributed by atoms with Gasteiger partial charge in [-0.05, 0) is 74.1 Å². The maximum absolute atomic E-state index is 12.9. The average Bonchev–Trinajstić information content (AvgIpc) is 3.03. The summed E-state index contributed by atoms with van der Waals surface area (Å²) in [6.45, 7) is 4.57. The topological polar surface area (TPSA) is 77.1 Å². The molecular weight excluding hydrogens is 472 g/mol. The second kappa shape index (κ2) is 10.7. The number of hydrazine groups is 1. The number of ether oxygens (including phenoxy) is 3. The molecule has 0 radical (unpaired) electrons. The van der Waals surface area contributed by atoms with Gasteiger partial charge in [0.15, 0.2) is 15.8 Å². The first kappa shape index (κ1) is 23.9. The Hall–Kier alpha value is -2.75. The van der Waals surface area contributed by atoms with Crippen molar-refractivity contribution in [3.8, 4) is 17.2 Å². The van der Waals surface area contributed by atoms with E-state index in [4.69, 9.17) is 38.0 Å². The highest BCUT2D eigenvalue weighted by Gasteiger charge is 2.34. The summed E-state index contributed by atoms with van der Waals surface area (Å²) in [5.74, 6) is 0.650. The molecule has 0 bridgehead atoms. The Labute approximate surface area is 200 Å². The van der Waals surface area contributed by atoms with Gasteiger partial charge >= 0.3 is 0 Å². The van der Waals surface area contributed by atoms with Gasteiger partial charge in [0, 0.05) is 5.56 Å². The monoisotopic (exact) mass is 492 g/mol. The molecule has 1 aliphatic rings. The smallest absolute Gasteiger partial charge is 0.285 e. The van der Waals surface area contributed by atoms with Crippen LogP contribution >= 0.6 is 35.6 Å². The van der Waals surface area contributed by atoms with Crippen LogP contribution in [-0.4, -0.2) is 41.5 Å². The molecule has 32 heavy (non-hydrogen) atoms. The van der Waals surface area contributed by atoms with E-state index in [0.717, 1.165) is 16.8 Å². The van der Waals surface area contributed by atoms with Crippen LogP contribution in [0.1, 0.15) is 29.8 Å². The minimum atomic E-state index is -0.465. The second-order valence-electron chi connectivity index (χ2n) is 6.38. The molecule has 3 rings (SSSR count). The average molecular weight is 493 g/mol. The number of rotatable bonds is 8. The first-order chi connectivity index (χ1) is 15.4. The van der Waals surface area contributed by atoms with Crippen molar-refractivity contribution in [2.75, 3.05) is 20.3 Å². The minimum Gasteiger partial charge on any atom is -0.497 e. The molecule has 0 aliphatic carbocycles. The largest absolute Gasteiger partial charge is 0.497 e. The van der Waals surface area contributed by atoms with Crippen molar-refractivity contribution in [3.63, 3.8) is 0 Å². The quantitative estimate of drug-likeness (QED) is 0.423.